The molecule has 1 aromatic carbocycles. The monoisotopic (exact) mass is 440 g/mol. The van der Waals surface area contributed by atoms with Crippen LogP contribution in [0.2, 0.25) is 0 Å². The predicted molar refractivity (Wildman–Crippen MR) is 114 cm³/mol. The van der Waals surface area contributed by atoms with E-state index in [1.807, 2.05) is 0 Å². The third-order valence-corrected chi connectivity index (χ3v) is 6.02. The molecule has 0 saturated carbocycles. The fraction of sp³-hybridized carbons (Fsp3) is 0.273. The zero-order valence-corrected chi connectivity index (χ0v) is 17.6. The number of methoxy groups -OCH3 is 1. The normalized spacial score (nSPS) is 17.6. The first-order chi connectivity index (χ1) is 15.0. The Balaban J connectivity index is 1.46. The van der Waals surface area contributed by atoms with Crippen LogP contribution in [-0.4, -0.2) is 59.6 Å². The lowest BCUT2D eigenvalue weighted by atomic mass is 10.1. The van der Waals surface area contributed by atoms with E-state index in [-0.39, 0.29) is 17.4 Å². The first-order valence-corrected chi connectivity index (χ1v) is 10.6. The van der Waals surface area contributed by atoms with Crippen LogP contribution >= 0.6 is 11.8 Å². The Morgan fingerprint density at radius 3 is 2.48 bits per heavy atom. The van der Waals surface area contributed by atoms with E-state index in [4.69, 9.17) is 4.42 Å². The lowest BCUT2D eigenvalue weighted by Crippen LogP contribution is -2.40. The SMILES string of the molecule is COC(=O)c1ccc(-c2ccc(/C=C3/SC(=O)N(CC(=O)N4CCCC4)C3=O)o2)cc1. The average Bonchev–Trinajstić information content (AvgIpc) is 3.52. The van der Waals surface area contributed by atoms with E-state index in [2.05, 4.69) is 4.74 Å². The molecule has 31 heavy (non-hydrogen) atoms. The van der Waals surface area contributed by atoms with Gasteiger partial charge in [-0.1, -0.05) is 12.1 Å². The Bertz CT molecular complexity index is 1070. The molecule has 2 fully saturated rings. The Labute approximate surface area is 182 Å². The first-order valence-electron chi connectivity index (χ1n) is 9.78. The van der Waals surface area contributed by atoms with Crippen LogP contribution in [0.25, 0.3) is 17.4 Å². The van der Waals surface area contributed by atoms with E-state index >= 15 is 0 Å². The molecule has 9 heteroatoms. The molecule has 0 radical (unpaired) electrons. The number of rotatable bonds is 5. The second-order valence-electron chi connectivity index (χ2n) is 7.13. The number of hydrogen-bond acceptors (Lipinski definition) is 7. The van der Waals surface area contributed by atoms with Gasteiger partial charge >= 0.3 is 5.97 Å². The van der Waals surface area contributed by atoms with Crippen molar-refractivity contribution in [1.82, 2.24) is 9.80 Å². The Kier molecular flexibility index (Phi) is 5.94. The number of likely N-dealkylation sites (tertiary alicyclic amines) is 1. The highest BCUT2D eigenvalue weighted by Gasteiger charge is 2.37. The zero-order chi connectivity index (χ0) is 22.0. The summed E-state index contributed by atoms with van der Waals surface area (Å²) in [4.78, 5) is 51.6. The molecule has 0 aliphatic carbocycles. The Morgan fingerprint density at radius 2 is 1.81 bits per heavy atom. The molecule has 0 N–H and O–H groups in total. The summed E-state index contributed by atoms with van der Waals surface area (Å²) in [7, 11) is 1.32. The molecule has 0 unspecified atom stereocenters. The number of imide groups is 1. The molecule has 0 bridgehead atoms. The number of esters is 1. The van der Waals surface area contributed by atoms with Crippen LogP contribution < -0.4 is 0 Å². The van der Waals surface area contributed by atoms with Crippen molar-refractivity contribution in [2.24, 2.45) is 0 Å². The molecule has 1 aromatic heterocycles. The average molecular weight is 440 g/mol. The summed E-state index contributed by atoms with van der Waals surface area (Å²) in [5.41, 5.74) is 1.17. The van der Waals surface area contributed by atoms with Gasteiger partial charge in [0.1, 0.15) is 18.1 Å². The van der Waals surface area contributed by atoms with Crippen molar-refractivity contribution < 1.29 is 28.3 Å². The quantitative estimate of drug-likeness (QED) is 0.519. The number of carbonyl (C=O) groups excluding carboxylic acids is 4. The standard InChI is InChI=1S/C22H20N2O6S/c1-29-21(27)15-6-4-14(5-7-15)17-9-8-16(30-17)12-18-20(26)24(22(28)31-18)13-19(25)23-10-2-3-11-23/h4-9,12H,2-3,10-11,13H2,1H3/b18-12+. The van der Waals surface area contributed by atoms with Gasteiger partial charge in [-0.2, -0.15) is 0 Å². The maximum absolute atomic E-state index is 12.6. The Morgan fingerprint density at radius 1 is 1.10 bits per heavy atom. The van der Waals surface area contributed by atoms with Crippen LogP contribution in [0.5, 0.6) is 0 Å². The van der Waals surface area contributed by atoms with Gasteiger partial charge in [0.15, 0.2) is 0 Å². The van der Waals surface area contributed by atoms with E-state index in [0.29, 0.717) is 30.2 Å². The maximum Gasteiger partial charge on any atom is 0.337 e. The highest BCUT2D eigenvalue weighted by molar-refractivity contribution is 8.18. The smallest absolute Gasteiger partial charge is 0.337 e. The summed E-state index contributed by atoms with van der Waals surface area (Å²) in [6.07, 6.45) is 3.39. The molecule has 0 atom stereocenters. The van der Waals surface area contributed by atoms with Crippen molar-refractivity contribution in [1.29, 1.82) is 0 Å². The molecule has 160 valence electrons. The van der Waals surface area contributed by atoms with Gasteiger partial charge in [0.05, 0.1) is 17.6 Å². The van der Waals surface area contributed by atoms with Gasteiger partial charge in [-0.3, -0.25) is 19.3 Å². The minimum Gasteiger partial charge on any atom is -0.465 e. The third kappa shape index (κ3) is 4.41. The van der Waals surface area contributed by atoms with Crippen LogP contribution in [0.1, 0.15) is 29.0 Å². The van der Waals surface area contributed by atoms with Crippen LogP contribution in [0.15, 0.2) is 45.7 Å². The number of hydrogen-bond donors (Lipinski definition) is 0. The summed E-state index contributed by atoms with van der Waals surface area (Å²) < 4.78 is 10.5. The molecule has 2 aliphatic rings. The number of ether oxygens (including phenoxy) is 1. The molecule has 0 spiro atoms. The van der Waals surface area contributed by atoms with Gasteiger partial charge in [0, 0.05) is 24.7 Å². The number of carbonyl (C=O) groups is 4. The molecule has 3 heterocycles. The van der Waals surface area contributed by atoms with Gasteiger partial charge in [-0.05, 0) is 48.9 Å². The zero-order valence-electron chi connectivity index (χ0n) is 16.8. The number of amides is 3. The van der Waals surface area contributed by atoms with E-state index in [9.17, 15) is 19.2 Å². The number of nitrogens with zero attached hydrogens (tertiary/aromatic N) is 2. The summed E-state index contributed by atoms with van der Waals surface area (Å²) in [5.74, 6) is -0.181. The first kappa shape index (κ1) is 20.9. The molecule has 2 aromatic rings. The summed E-state index contributed by atoms with van der Waals surface area (Å²) in [6, 6.07) is 10.1. The van der Waals surface area contributed by atoms with Crippen molar-refractivity contribution >= 4 is 40.9 Å². The summed E-state index contributed by atoms with van der Waals surface area (Å²) in [6.45, 7) is 1.10. The Hall–Kier alpha value is -3.33. The van der Waals surface area contributed by atoms with Crippen molar-refractivity contribution in [3.63, 3.8) is 0 Å². The van der Waals surface area contributed by atoms with Gasteiger partial charge in [-0.25, -0.2) is 4.79 Å². The van der Waals surface area contributed by atoms with Crippen LogP contribution in [0, 0.1) is 0 Å². The highest BCUT2D eigenvalue weighted by Crippen LogP contribution is 2.33. The summed E-state index contributed by atoms with van der Waals surface area (Å²) >= 11 is 0.790. The third-order valence-electron chi connectivity index (χ3n) is 5.12. The van der Waals surface area contributed by atoms with Crippen molar-refractivity contribution in [2.75, 3.05) is 26.7 Å². The van der Waals surface area contributed by atoms with Gasteiger partial charge in [-0.15, -0.1) is 0 Å². The number of thioether (sulfide) groups is 1. The minimum absolute atomic E-state index is 0.209. The number of furan rings is 1. The van der Waals surface area contributed by atoms with E-state index < -0.39 is 17.1 Å². The maximum atomic E-state index is 12.6. The largest absolute Gasteiger partial charge is 0.465 e. The van der Waals surface area contributed by atoms with Crippen molar-refractivity contribution in [3.8, 4) is 11.3 Å². The molecular weight excluding hydrogens is 420 g/mol. The van der Waals surface area contributed by atoms with Gasteiger partial charge in [0.2, 0.25) is 5.91 Å². The van der Waals surface area contributed by atoms with Gasteiger partial charge in [0.25, 0.3) is 11.1 Å². The molecule has 2 aliphatic heterocycles. The van der Waals surface area contributed by atoms with Crippen LogP contribution in [-0.2, 0) is 14.3 Å². The molecule has 4 rings (SSSR count). The predicted octanol–water partition coefficient (Wildman–Crippen LogP) is 3.39. The highest BCUT2D eigenvalue weighted by atomic mass is 32.2. The molecular formula is C22H20N2O6S. The summed E-state index contributed by atoms with van der Waals surface area (Å²) in [5, 5.41) is -0.464. The van der Waals surface area contributed by atoms with E-state index in [1.54, 1.807) is 41.3 Å². The fourth-order valence-electron chi connectivity index (χ4n) is 3.44. The fourth-order valence-corrected chi connectivity index (χ4v) is 4.26. The van der Waals surface area contributed by atoms with Crippen molar-refractivity contribution in [3.05, 3.63) is 52.6 Å². The minimum atomic E-state index is -0.497. The lowest BCUT2D eigenvalue weighted by Gasteiger charge is -2.18. The topological polar surface area (TPSA) is 97.1 Å². The van der Waals surface area contributed by atoms with Crippen LogP contribution in [0.3, 0.4) is 0 Å². The van der Waals surface area contributed by atoms with Gasteiger partial charge < -0.3 is 14.1 Å². The van der Waals surface area contributed by atoms with E-state index in [1.165, 1.54) is 13.2 Å². The van der Waals surface area contributed by atoms with Crippen molar-refractivity contribution in [2.45, 2.75) is 12.8 Å². The van der Waals surface area contributed by atoms with E-state index in [0.717, 1.165) is 35.1 Å². The second kappa shape index (κ2) is 8.81. The molecule has 8 nitrogen and oxygen atoms in total. The lowest BCUT2D eigenvalue weighted by molar-refractivity contribution is -0.135. The molecule has 3 amide bonds. The number of benzene rings is 1. The molecule has 2 saturated heterocycles. The second-order valence-corrected chi connectivity index (χ2v) is 8.12. The van der Waals surface area contributed by atoms with Crippen LogP contribution in [0.4, 0.5) is 4.79 Å².